The lowest BCUT2D eigenvalue weighted by Gasteiger charge is -2.23. The van der Waals surface area contributed by atoms with Crippen molar-refractivity contribution >= 4 is 0 Å². The second-order valence-electron chi connectivity index (χ2n) is 7.30. The van der Waals surface area contributed by atoms with Gasteiger partial charge in [0.2, 0.25) is 0 Å². The summed E-state index contributed by atoms with van der Waals surface area (Å²) >= 11 is 0. The molecule has 126 valence electrons. The summed E-state index contributed by atoms with van der Waals surface area (Å²) in [5.41, 5.74) is 1.21. The third-order valence-corrected chi connectivity index (χ3v) is 4.45. The highest BCUT2D eigenvalue weighted by atomic mass is 16.5. The zero-order chi connectivity index (χ0) is 16.6. The fourth-order valence-corrected chi connectivity index (χ4v) is 3.11. The van der Waals surface area contributed by atoms with E-state index in [1.165, 1.54) is 5.56 Å². The van der Waals surface area contributed by atoms with E-state index in [-0.39, 0.29) is 17.7 Å². The van der Waals surface area contributed by atoms with Crippen molar-refractivity contribution in [2.45, 2.75) is 51.4 Å². The summed E-state index contributed by atoms with van der Waals surface area (Å²) < 4.78 is 9.60. The number of rotatable bonds is 4. The third-order valence-electron chi connectivity index (χ3n) is 4.45. The minimum absolute atomic E-state index is 0.00131. The number of hydrogen-bond donors (Lipinski definition) is 0. The van der Waals surface area contributed by atoms with Crippen LogP contribution in [0.5, 0.6) is 0 Å². The molecule has 0 amide bonds. The van der Waals surface area contributed by atoms with E-state index in [9.17, 15) is 0 Å². The summed E-state index contributed by atoms with van der Waals surface area (Å²) in [5.74, 6) is 0.993. The molecule has 3 rings (SSSR count). The number of hydrogen-bond acceptors (Lipinski definition) is 5. The maximum atomic E-state index is 5.59. The highest BCUT2D eigenvalue weighted by molar-refractivity contribution is 5.09. The van der Waals surface area contributed by atoms with Gasteiger partial charge in [-0.1, -0.05) is 0 Å². The van der Waals surface area contributed by atoms with Gasteiger partial charge >= 0.3 is 0 Å². The van der Waals surface area contributed by atoms with Crippen LogP contribution in [0.2, 0.25) is 0 Å². The molecule has 1 saturated heterocycles. The minimum Gasteiger partial charge on any atom is -0.380 e. The van der Waals surface area contributed by atoms with Crippen LogP contribution in [-0.2, 0) is 23.9 Å². The summed E-state index contributed by atoms with van der Waals surface area (Å²) in [4.78, 5) is 2.40. The van der Waals surface area contributed by atoms with Crippen LogP contribution < -0.4 is 0 Å². The van der Waals surface area contributed by atoms with Gasteiger partial charge in [0.25, 0.3) is 0 Å². The van der Waals surface area contributed by atoms with Gasteiger partial charge < -0.3 is 9.30 Å². The Morgan fingerprint density at radius 1 is 1.35 bits per heavy atom. The fraction of sp³-hybridized carbons (Fsp3) is 0.688. The molecule has 0 aliphatic carbocycles. The predicted octanol–water partition coefficient (Wildman–Crippen LogP) is 1.73. The largest absolute Gasteiger partial charge is 0.380 e. The minimum atomic E-state index is 0.00131. The molecule has 1 fully saturated rings. The Balaban J connectivity index is 1.79. The van der Waals surface area contributed by atoms with E-state index < -0.39 is 0 Å². The highest BCUT2D eigenvalue weighted by Crippen LogP contribution is 2.33. The Labute approximate surface area is 137 Å². The van der Waals surface area contributed by atoms with E-state index >= 15 is 0 Å². The molecular formula is C16H26N6O. The molecule has 2 aromatic rings. The van der Waals surface area contributed by atoms with E-state index in [4.69, 9.17) is 4.74 Å². The van der Waals surface area contributed by atoms with E-state index in [1.807, 2.05) is 22.5 Å². The van der Waals surface area contributed by atoms with Gasteiger partial charge in [-0.3, -0.25) is 9.58 Å². The molecule has 2 aromatic heterocycles. The Kier molecular flexibility index (Phi) is 4.25. The van der Waals surface area contributed by atoms with Gasteiger partial charge in [0.05, 0.1) is 23.9 Å². The van der Waals surface area contributed by atoms with E-state index in [1.54, 1.807) is 13.4 Å². The molecular weight excluding hydrogens is 292 g/mol. The second-order valence-corrected chi connectivity index (χ2v) is 7.30. The summed E-state index contributed by atoms with van der Waals surface area (Å²) in [6.45, 7) is 8.21. The molecule has 1 aliphatic heterocycles. The molecule has 0 bridgehead atoms. The summed E-state index contributed by atoms with van der Waals surface area (Å²) in [5, 5.41) is 12.8. The van der Waals surface area contributed by atoms with Crippen LogP contribution in [-0.4, -0.2) is 49.2 Å². The summed E-state index contributed by atoms with van der Waals surface area (Å²) in [7, 11) is 3.77. The number of nitrogens with zero attached hydrogens (tertiary/aromatic N) is 6. The Morgan fingerprint density at radius 3 is 2.70 bits per heavy atom. The van der Waals surface area contributed by atoms with Crippen LogP contribution in [0.3, 0.4) is 0 Å². The maximum Gasteiger partial charge on any atom is 0.150 e. The topological polar surface area (TPSA) is 61.0 Å². The zero-order valence-electron chi connectivity index (χ0n) is 14.6. The number of aryl methyl sites for hydroxylation is 1. The van der Waals surface area contributed by atoms with Crippen molar-refractivity contribution in [3.63, 3.8) is 0 Å². The average molecular weight is 318 g/mol. The standard InChI is InChI=1S/C16H26N6O/c1-16(2,3)22-9-12(7-18-22)8-21-10-13(23-5)6-14(21)15-19-17-11-20(15)4/h7,9,11,13-14H,6,8,10H2,1-5H3/t13-,14+/m1/s1. The smallest absolute Gasteiger partial charge is 0.150 e. The first-order valence-electron chi connectivity index (χ1n) is 8.03. The highest BCUT2D eigenvalue weighted by Gasteiger charge is 2.36. The molecule has 2 atom stereocenters. The number of aromatic nitrogens is 5. The van der Waals surface area contributed by atoms with Crippen molar-refractivity contribution in [1.29, 1.82) is 0 Å². The Hall–Kier alpha value is -1.73. The van der Waals surface area contributed by atoms with Gasteiger partial charge in [0, 0.05) is 39.0 Å². The summed E-state index contributed by atoms with van der Waals surface area (Å²) in [6, 6.07) is 0.227. The van der Waals surface area contributed by atoms with Crippen molar-refractivity contribution in [3.8, 4) is 0 Å². The third kappa shape index (κ3) is 3.30. The van der Waals surface area contributed by atoms with Gasteiger partial charge in [-0.2, -0.15) is 5.10 Å². The summed E-state index contributed by atoms with van der Waals surface area (Å²) in [6.07, 6.45) is 7.02. The molecule has 0 radical (unpaired) electrons. The Morgan fingerprint density at radius 2 is 2.13 bits per heavy atom. The predicted molar refractivity (Wildman–Crippen MR) is 86.8 cm³/mol. The lowest BCUT2D eigenvalue weighted by atomic mass is 10.1. The number of methoxy groups -OCH3 is 1. The average Bonchev–Trinajstić information content (AvgIpc) is 3.18. The monoisotopic (exact) mass is 318 g/mol. The first kappa shape index (κ1) is 16.1. The SMILES string of the molecule is CO[C@@H]1C[C@@H](c2nncn2C)N(Cc2cnn(C(C)(C)C)c2)C1. The van der Waals surface area contributed by atoms with Crippen LogP contribution >= 0.6 is 0 Å². The number of likely N-dealkylation sites (tertiary alicyclic amines) is 1. The molecule has 7 heteroatoms. The molecule has 0 saturated carbocycles. The second kappa shape index (κ2) is 6.05. The van der Waals surface area contributed by atoms with Crippen LogP contribution in [0.25, 0.3) is 0 Å². The molecule has 0 aromatic carbocycles. The maximum absolute atomic E-state index is 5.59. The quantitative estimate of drug-likeness (QED) is 0.859. The first-order chi connectivity index (χ1) is 10.9. The van der Waals surface area contributed by atoms with Gasteiger partial charge in [-0.25, -0.2) is 0 Å². The molecule has 1 aliphatic rings. The van der Waals surface area contributed by atoms with Gasteiger partial charge in [-0.05, 0) is 27.2 Å². The molecule has 7 nitrogen and oxygen atoms in total. The van der Waals surface area contributed by atoms with Crippen molar-refractivity contribution in [3.05, 3.63) is 30.1 Å². The lowest BCUT2D eigenvalue weighted by molar-refractivity contribution is 0.107. The van der Waals surface area contributed by atoms with Crippen molar-refractivity contribution in [1.82, 2.24) is 29.4 Å². The molecule has 23 heavy (non-hydrogen) atoms. The van der Waals surface area contributed by atoms with Crippen LogP contribution in [0.1, 0.15) is 44.6 Å². The van der Waals surface area contributed by atoms with Crippen LogP contribution in [0.15, 0.2) is 18.7 Å². The first-order valence-corrected chi connectivity index (χ1v) is 8.03. The Bertz CT molecular complexity index is 656. The van der Waals surface area contributed by atoms with Gasteiger partial charge in [0.15, 0.2) is 0 Å². The lowest BCUT2D eigenvalue weighted by Crippen LogP contribution is -2.26. The zero-order valence-corrected chi connectivity index (χ0v) is 14.6. The molecule has 3 heterocycles. The fourth-order valence-electron chi connectivity index (χ4n) is 3.11. The molecule has 0 spiro atoms. The van der Waals surface area contributed by atoms with E-state index in [2.05, 4.69) is 47.2 Å². The molecule has 0 unspecified atom stereocenters. The molecule has 0 N–H and O–H groups in total. The normalized spacial score (nSPS) is 22.8. The van der Waals surface area contributed by atoms with E-state index in [0.29, 0.717) is 0 Å². The van der Waals surface area contributed by atoms with E-state index in [0.717, 1.165) is 25.3 Å². The van der Waals surface area contributed by atoms with Crippen molar-refractivity contribution in [2.75, 3.05) is 13.7 Å². The van der Waals surface area contributed by atoms with Crippen molar-refractivity contribution in [2.24, 2.45) is 7.05 Å². The van der Waals surface area contributed by atoms with Crippen molar-refractivity contribution < 1.29 is 4.74 Å². The van der Waals surface area contributed by atoms with Crippen LogP contribution in [0, 0.1) is 0 Å². The van der Waals surface area contributed by atoms with Gasteiger partial charge in [-0.15, -0.1) is 10.2 Å². The van der Waals surface area contributed by atoms with Gasteiger partial charge in [0.1, 0.15) is 12.2 Å². The van der Waals surface area contributed by atoms with Crippen LogP contribution in [0.4, 0.5) is 0 Å². The number of ether oxygens (including phenoxy) is 1.